The molecule has 0 amide bonds. The minimum absolute atomic E-state index is 0.150. The molecule has 0 fully saturated rings. The van der Waals surface area contributed by atoms with Gasteiger partial charge in [0, 0.05) is 30.3 Å². The summed E-state index contributed by atoms with van der Waals surface area (Å²) in [4.78, 5) is 0. The minimum Gasteiger partial charge on any atom is -0.508 e. The van der Waals surface area contributed by atoms with Gasteiger partial charge in [0.1, 0.15) is 5.76 Å². The van der Waals surface area contributed by atoms with E-state index in [1.165, 1.54) is 17.5 Å². The van der Waals surface area contributed by atoms with Gasteiger partial charge in [0.25, 0.3) is 0 Å². The van der Waals surface area contributed by atoms with Crippen molar-refractivity contribution in [1.82, 2.24) is 5.32 Å². The fraction of sp³-hybridized carbons (Fsp3) is 0.429. The number of aliphatic hydroxyl groups is 1. The molecule has 0 spiro atoms. The van der Waals surface area contributed by atoms with E-state index in [4.69, 9.17) is 11.5 Å². The molecular weight excluding hydrogens is 405 g/mol. The van der Waals surface area contributed by atoms with Gasteiger partial charge in [0.15, 0.2) is 6.71 Å². The highest BCUT2D eigenvalue weighted by atomic mass is 16.3. The number of nitrogens with two attached hydrogens (primary N) is 2. The van der Waals surface area contributed by atoms with Crippen molar-refractivity contribution in [3.63, 3.8) is 0 Å². The van der Waals surface area contributed by atoms with Crippen molar-refractivity contribution in [1.29, 1.82) is 0 Å². The first-order chi connectivity index (χ1) is 15.7. The zero-order chi connectivity index (χ0) is 24.5. The first kappa shape index (κ1) is 26.8. The number of fused-ring (bicyclic) bond motifs is 1. The van der Waals surface area contributed by atoms with Gasteiger partial charge in [-0.2, -0.15) is 0 Å². The molecule has 0 saturated heterocycles. The molecule has 2 aromatic carbocycles. The van der Waals surface area contributed by atoms with E-state index in [0.29, 0.717) is 25.7 Å². The van der Waals surface area contributed by atoms with E-state index in [9.17, 15) is 5.11 Å². The topological polar surface area (TPSA) is 84.3 Å². The van der Waals surface area contributed by atoms with Gasteiger partial charge in [-0.05, 0) is 52.5 Å². The SMILES string of the molecule is C=C(NC1Cc2cccc(C(=C)O)c2CB1CC)c1ccc(CN)c(CN)c1.CCC(C)C. The largest absolute Gasteiger partial charge is 0.508 e. The van der Waals surface area contributed by atoms with Crippen LogP contribution < -0.4 is 16.8 Å². The average molecular weight is 447 g/mol. The average Bonchev–Trinajstić information content (AvgIpc) is 2.82. The normalized spacial score (nSPS) is 14.9. The number of hydrogen-bond acceptors (Lipinski definition) is 4. The summed E-state index contributed by atoms with van der Waals surface area (Å²) in [6.07, 6.45) is 4.18. The third-order valence-corrected chi connectivity index (χ3v) is 6.75. The summed E-state index contributed by atoms with van der Waals surface area (Å²) in [5.74, 6) is 1.33. The lowest BCUT2D eigenvalue weighted by molar-refractivity contribution is 0.512. The lowest BCUT2D eigenvalue weighted by atomic mass is 9.36. The predicted octanol–water partition coefficient (Wildman–Crippen LogP) is 5.51. The van der Waals surface area contributed by atoms with Crippen LogP contribution in [0.15, 0.2) is 49.6 Å². The summed E-state index contributed by atoms with van der Waals surface area (Å²) >= 11 is 0. The first-order valence-electron chi connectivity index (χ1n) is 12.2. The maximum Gasteiger partial charge on any atom is 0.171 e. The van der Waals surface area contributed by atoms with E-state index in [-0.39, 0.29) is 5.76 Å². The molecule has 0 saturated carbocycles. The highest BCUT2D eigenvalue weighted by molar-refractivity contribution is 6.60. The number of rotatable bonds is 8. The van der Waals surface area contributed by atoms with Gasteiger partial charge in [-0.25, -0.2) is 0 Å². The lowest BCUT2D eigenvalue weighted by Crippen LogP contribution is -2.48. The molecule has 33 heavy (non-hydrogen) atoms. The van der Waals surface area contributed by atoms with Crippen LogP contribution in [0.1, 0.15) is 67.5 Å². The van der Waals surface area contributed by atoms with Crippen LogP contribution >= 0.6 is 0 Å². The molecule has 1 atom stereocenters. The molecule has 1 aliphatic heterocycles. The third-order valence-electron chi connectivity index (χ3n) is 6.75. The fourth-order valence-corrected chi connectivity index (χ4v) is 4.25. The van der Waals surface area contributed by atoms with Crippen molar-refractivity contribution < 1.29 is 5.11 Å². The van der Waals surface area contributed by atoms with Crippen LogP contribution in [0.4, 0.5) is 0 Å². The molecule has 0 bridgehead atoms. The quantitative estimate of drug-likeness (QED) is 0.318. The van der Waals surface area contributed by atoms with Crippen molar-refractivity contribution in [2.75, 3.05) is 0 Å². The maximum absolute atomic E-state index is 9.95. The Hall–Kier alpha value is -2.50. The molecule has 5 heteroatoms. The molecule has 1 aliphatic rings. The summed E-state index contributed by atoms with van der Waals surface area (Å²) in [5, 5.41) is 13.6. The molecule has 178 valence electrons. The van der Waals surface area contributed by atoms with Gasteiger partial charge >= 0.3 is 0 Å². The highest BCUT2D eigenvalue weighted by Crippen LogP contribution is 2.29. The Labute approximate surface area is 201 Å². The van der Waals surface area contributed by atoms with Gasteiger partial charge in [-0.15, -0.1) is 0 Å². The third kappa shape index (κ3) is 6.99. The number of aliphatic hydroxyl groups excluding tert-OH is 1. The Morgan fingerprint density at radius 1 is 1.12 bits per heavy atom. The second-order valence-electron chi connectivity index (χ2n) is 9.39. The van der Waals surface area contributed by atoms with Crippen molar-refractivity contribution in [3.05, 3.63) is 82.9 Å². The first-order valence-corrected chi connectivity index (χ1v) is 12.2. The smallest absolute Gasteiger partial charge is 0.171 e. The highest BCUT2D eigenvalue weighted by Gasteiger charge is 2.32. The molecule has 0 radical (unpaired) electrons. The molecule has 3 rings (SSSR count). The Morgan fingerprint density at radius 2 is 1.79 bits per heavy atom. The lowest BCUT2D eigenvalue weighted by Gasteiger charge is -2.33. The second kappa shape index (κ2) is 12.7. The van der Waals surface area contributed by atoms with E-state index in [1.54, 1.807) is 0 Å². The summed E-state index contributed by atoms with van der Waals surface area (Å²) < 4.78 is 0. The Kier molecular flexibility index (Phi) is 10.3. The van der Waals surface area contributed by atoms with Gasteiger partial charge in [0.05, 0.1) is 0 Å². The Balaban J connectivity index is 0.000000696. The van der Waals surface area contributed by atoms with Crippen molar-refractivity contribution >= 4 is 18.2 Å². The molecule has 2 aromatic rings. The van der Waals surface area contributed by atoms with Crippen LogP contribution in [0.2, 0.25) is 6.32 Å². The van der Waals surface area contributed by atoms with E-state index in [1.807, 2.05) is 18.2 Å². The summed E-state index contributed by atoms with van der Waals surface area (Å²) in [6.45, 7) is 18.3. The maximum atomic E-state index is 9.95. The molecule has 1 heterocycles. The molecule has 0 aromatic heterocycles. The van der Waals surface area contributed by atoms with Crippen molar-refractivity contribution in [3.8, 4) is 0 Å². The van der Waals surface area contributed by atoms with Crippen molar-refractivity contribution in [2.45, 2.75) is 72.2 Å². The minimum atomic E-state index is 0.150. The van der Waals surface area contributed by atoms with E-state index in [2.05, 4.69) is 64.4 Å². The summed E-state index contributed by atoms with van der Waals surface area (Å²) in [7, 11) is 0. The zero-order valence-electron chi connectivity index (χ0n) is 21.0. The standard InChI is InChI=1S/C23H30BN3O.C5H12/c1-4-24-12-22-18(6-5-7-21(22)16(3)28)11-23(24)27-15(2)17-8-9-19(13-25)20(10-17)14-26;1-4-5(2)3/h5-10,23,27-28H,2-4,11-14,25-26H2,1H3;5H,4H2,1-3H3. The Morgan fingerprint density at radius 3 is 2.33 bits per heavy atom. The van der Waals surface area contributed by atoms with Crippen LogP contribution in [-0.2, 0) is 25.8 Å². The number of nitrogens with one attached hydrogen (secondary N) is 1. The van der Waals surface area contributed by atoms with E-state index in [0.717, 1.165) is 52.9 Å². The molecular formula is C28H42BN3O. The van der Waals surface area contributed by atoms with E-state index < -0.39 is 0 Å². The molecule has 6 N–H and O–H groups in total. The Bertz CT molecular complexity index is 954. The van der Waals surface area contributed by atoms with Crippen LogP contribution in [0.5, 0.6) is 0 Å². The van der Waals surface area contributed by atoms with Gasteiger partial charge < -0.3 is 21.9 Å². The number of hydrogen-bond donors (Lipinski definition) is 4. The number of benzene rings is 2. The molecule has 0 aliphatic carbocycles. The molecule has 1 unspecified atom stereocenters. The van der Waals surface area contributed by atoms with Crippen LogP contribution in [-0.4, -0.2) is 17.8 Å². The van der Waals surface area contributed by atoms with E-state index >= 15 is 0 Å². The monoisotopic (exact) mass is 447 g/mol. The second-order valence-corrected chi connectivity index (χ2v) is 9.39. The van der Waals surface area contributed by atoms with Crippen molar-refractivity contribution in [2.24, 2.45) is 17.4 Å². The molecule has 4 nitrogen and oxygen atoms in total. The summed E-state index contributed by atoms with van der Waals surface area (Å²) in [6, 6.07) is 12.3. The van der Waals surface area contributed by atoms with Gasteiger partial charge in [0.2, 0.25) is 0 Å². The summed E-state index contributed by atoms with van der Waals surface area (Å²) in [5.41, 5.74) is 19.2. The van der Waals surface area contributed by atoms with Crippen LogP contribution in [0.3, 0.4) is 0 Å². The predicted molar refractivity (Wildman–Crippen MR) is 145 cm³/mol. The zero-order valence-corrected chi connectivity index (χ0v) is 21.0. The van der Waals surface area contributed by atoms with Crippen LogP contribution in [0, 0.1) is 5.92 Å². The van der Waals surface area contributed by atoms with Crippen LogP contribution in [0.25, 0.3) is 11.5 Å². The van der Waals surface area contributed by atoms with Gasteiger partial charge in [-0.1, -0.05) is 83.9 Å². The van der Waals surface area contributed by atoms with Gasteiger partial charge in [-0.3, -0.25) is 0 Å². The fourth-order valence-electron chi connectivity index (χ4n) is 4.25.